The van der Waals surface area contributed by atoms with Crippen LogP contribution in [0, 0.1) is 5.82 Å². The van der Waals surface area contributed by atoms with E-state index in [0.717, 1.165) is 11.1 Å². The zero-order chi connectivity index (χ0) is 23.0. The normalized spacial score (nSPS) is 10.7. The number of nitrogens with one attached hydrogen (secondary N) is 1. The second-order valence-corrected chi connectivity index (χ2v) is 8.09. The minimum atomic E-state index is -0.313. The van der Waals surface area contributed by atoms with Gasteiger partial charge in [-0.05, 0) is 48.9 Å². The van der Waals surface area contributed by atoms with Crippen molar-refractivity contribution in [1.82, 2.24) is 14.8 Å². The first-order valence-corrected chi connectivity index (χ1v) is 11.5. The third-order valence-corrected chi connectivity index (χ3v) is 5.76. The van der Waals surface area contributed by atoms with Crippen LogP contribution in [0.1, 0.15) is 12.5 Å². The molecule has 1 heterocycles. The minimum Gasteiger partial charge on any atom is -0.492 e. The van der Waals surface area contributed by atoms with E-state index < -0.39 is 0 Å². The van der Waals surface area contributed by atoms with Crippen LogP contribution in [0.2, 0.25) is 0 Å². The Morgan fingerprint density at radius 2 is 1.73 bits per heavy atom. The van der Waals surface area contributed by atoms with Gasteiger partial charge in [-0.25, -0.2) is 4.39 Å². The highest BCUT2D eigenvalue weighted by Gasteiger charge is 2.17. The van der Waals surface area contributed by atoms with Crippen molar-refractivity contribution in [2.75, 3.05) is 17.7 Å². The van der Waals surface area contributed by atoms with Crippen molar-refractivity contribution >= 4 is 23.4 Å². The van der Waals surface area contributed by atoms with Gasteiger partial charge < -0.3 is 10.1 Å². The molecule has 0 aliphatic carbocycles. The van der Waals surface area contributed by atoms with E-state index in [4.69, 9.17) is 4.74 Å². The quantitative estimate of drug-likeness (QED) is 0.344. The average Bonchev–Trinajstić information content (AvgIpc) is 3.22. The number of ether oxygens (including phenoxy) is 1. The Labute approximate surface area is 195 Å². The minimum absolute atomic E-state index is 0.150. The molecule has 8 heteroatoms. The summed E-state index contributed by atoms with van der Waals surface area (Å²) in [6.45, 7) is 2.93. The van der Waals surface area contributed by atoms with Crippen molar-refractivity contribution < 1.29 is 13.9 Å². The largest absolute Gasteiger partial charge is 0.492 e. The maximum absolute atomic E-state index is 13.4. The Balaban J connectivity index is 1.53. The molecule has 0 spiro atoms. The van der Waals surface area contributed by atoms with E-state index in [9.17, 15) is 9.18 Å². The van der Waals surface area contributed by atoms with Crippen molar-refractivity contribution in [3.8, 4) is 17.1 Å². The van der Waals surface area contributed by atoms with Crippen molar-refractivity contribution in [2.24, 2.45) is 0 Å². The first-order chi connectivity index (χ1) is 16.1. The van der Waals surface area contributed by atoms with Crippen molar-refractivity contribution in [2.45, 2.75) is 18.6 Å². The summed E-state index contributed by atoms with van der Waals surface area (Å²) in [4.78, 5) is 12.6. The summed E-state index contributed by atoms with van der Waals surface area (Å²) in [5, 5.41) is 12.1. The van der Waals surface area contributed by atoms with Crippen LogP contribution in [0.3, 0.4) is 0 Å². The van der Waals surface area contributed by atoms with E-state index in [-0.39, 0.29) is 17.5 Å². The molecule has 0 saturated heterocycles. The number of benzene rings is 3. The Bertz CT molecular complexity index is 1210. The summed E-state index contributed by atoms with van der Waals surface area (Å²) in [7, 11) is 0. The zero-order valence-electron chi connectivity index (χ0n) is 18.1. The van der Waals surface area contributed by atoms with Crippen LogP contribution < -0.4 is 10.1 Å². The predicted octanol–water partition coefficient (Wildman–Crippen LogP) is 5.26. The molecule has 0 unspecified atom stereocenters. The molecule has 33 heavy (non-hydrogen) atoms. The van der Waals surface area contributed by atoms with Gasteiger partial charge in [0.2, 0.25) is 5.91 Å². The fourth-order valence-electron chi connectivity index (χ4n) is 3.28. The average molecular weight is 463 g/mol. The fraction of sp³-hybridized carbons (Fsp3) is 0.160. The van der Waals surface area contributed by atoms with E-state index in [0.29, 0.717) is 35.6 Å². The lowest BCUT2D eigenvalue weighted by molar-refractivity contribution is -0.113. The lowest BCUT2D eigenvalue weighted by Gasteiger charge is -2.12. The van der Waals surface area contributed by atoms with Gasteiger partial charge in [0.05, 0.1) is 24.6 Å². The topological polar surface area (TPSA) is 69.0 Å². The number of aromatic nitrogens is 3. The van der Waals surface area contributed by atoms with Crippen molar-refractivity contribution in [3.63, 3.8) is 0 Å². The molecular weight excluding hydrogens is 439 g/mol. The molecular formula is C25H23FN4O2S. The van der Waals surface area contributed by atoms with Crippen molar-refractivity contribution in [3.05, 3.63) is 90.2 Å². The molecule has 0 atom stereocenters. The van der Waals surface area contributed by atoms with Gasteiger partial charge in [-0.2, -0.15) is 0 Å². The summed E-state index contributed by atoms with van der Waals surface area (Å²) in [5.74, 6) is 0.903. The van der Waals surface area contributed by atoms with Gasteiger partial charge in [-0.3, -0.25) is 9.36 Å². The predicted molar refractivity (Wildman–Crippen MR) is 128 cm³/mol. The maximum Gasteiger partial charge on any atom is 0.234 e. The molecule has 168 valence electrons. The van der Waals surface area contributed by atoms with Gasteiger partial charge >= 0.3 is 0 Å². The van der Waals surface area contributed by atoms with Gasteiger partial charge in [-0.15, -0.1) is 10.2 Å². The molecule has 1 aromatic heterocycles. The SMILES string of the molecule is CCOc1ccccc1NC(=O)CSc1nnc(-c2ccc(F)cc2)n1Cc1ccccc1. The molecule has 0 saturated carbocycles. The summed E-state index contributed by atoms with van der Waals surface area (Å²) in [6.07, 6.45) is 0. The van der Waals surface area contributed by atoms with Gasteiger partial charge in [0.25, 0.3) is 0 Å². The number of rotatable bonds is 9. The smallest absolute Gasteiger partial charge is 0.234 e. The molecule has 4 rings (SSSR count). The highest BCUT2D eigenvalue weighted by atomic mass is 32.2. The molecule has 0 aliphatic rings. The Morgan fingerprint density at radius 3 is 2.48 bits per heavy atom. The lowest BCUT2D eigenvalue weighted by atomic mass is 10.2. The molecule has 0 bridgehead atoms. The van der Waals surface area contributed by atoms with Crippen LogP contribution in [0.5, 0.6) is 5.75 Å². The van der Waals surface area contributed by atoms with Gasteiger partial charge in [0.15, 0.2) is 11.0 Å². The molecule has 1 amide bonds. The fourth-order valence-corrected chi connectivity index (χ4v) is 4.02. The molecule has 0 aliphatic heterocycles. The molecule has 4 aromatic rings. The molecule has 0 radical (unpaired) electrons. The van der Waals surface area contributed by atoms with E-state index in [1.807, 2.05) is 60.0 Å². The van der Waals surface area contributed by atoms with Crippen molar-refractivity contribution in [1.29, 1.82) is 0 Å². The van der Waals surface area contributed by atoms with Crippen LogP contribution in [0.25, 0.3) is 11.4 Å². The van der Waals surface area contributed by atoms with E-state index in [2.05, 4.69) is 15.5 Å². The number of hydrogen-bond acceptors (Lipinski definition) is 5. The van der Waals surface area contributed by atoms with Crippen LogP contribution in [-0.4, -0.2) is 33.0 Å². The standard InChI is InChI=1S/C25H23FN4O2S/c1-2-32-22-11-7-6-10-21(22)27-23(31)17-33-25-29-28-24(19-12-14-20(26)15-13-19)30(25)16-18-8-4-3-5-9-18/h3-15H,2,16-17H2,1H3,(H,27,31). The number of thioether (sulfide) groups is 1. The summed E-state index contributed by atoms with van der Waals surface area (Å²) >= 11 is 1.29. The summed E-state index contributed by atoms with van der Waals surface area (Å²) in [6, 6.07) is 23.4. The van der Waals surface area contributed by atoms with Gasteiger partial charge in [0, 0.05) is 5.56 Å². The molecule has 1 N–H and O–H groups in total. The highest BCUT2D eigenvalue weighted by molar-refractivity contribution is 7.99. The van der Waals surface area contributed by atoms with Crippen LogP contribution in [0.15, 0.2) is 84.0 Å². The van der Waals surface area contributed by atoms with Gasteiger partial charge in [0.1, 0.15) is 11.6 Å². The number of halogens is 1. The Hall–Kier alpha value is -3.65. The summed E-state index contributed by atoms with van der Waals surface area (Å²) < 4.78 is 20.9. The maximum atomic E-state index is 13.4. The summed E-state index contributed by atoms with van der Waals surface area (Å²) in [5.41, 5.74) is 2.45. The molecule has 0 fully saturated rings. The number of carbonyl (C=O) groups is 1. The van der Waals surface area contributed by atoms with Gasteiger partial charge in [-0.1, -0.05) is 54.2 Å². The number of para-hydroxylation sites is 2. The van der Waals surface area contributed by atoms with Crippen LogP contribution in [0.4, 0.5) is 10.1 Å². The highest BCUT2D eigenvalue weighted by Crippen LogP contribution is 2.27. The lowest BCUT2D eigenvalue weighted by Crippen LogP contribution is -2.15. The molecule has 3 aromatic carbocycles. The first kappa shape index (κ1) is 22.5. The van der Waals surface area contributed by atoms with E-state index >= 15 is 0 Å². The molecule has 6 nitrogen and oxygen atoms in total. The first-order valence-electron chi connectivity index (χ1n) is 10.5. The number of nitrogens with zero attached hydrogens (tertiary/aromatic N) is 3. The monoisotopic (exact) mass is 462 g/mol. The van der Waals surface area contributed by atoms with E-state index in [1.54, 1.807) is 18.2 Å². The number of amides is 1. The van der Waals surface area contributed by atoms with Crippen LogP contribution in [-0.2, 0) is 11.3 Å². The number of anilines is 1. The Morgan fingerprint density at radius 1 is 1.00 bits per heavy atom. The third-order valence-electron chi connectivity index (χ3n) is 4.80. The second kappa shape index (κ2) is 10.8. The van der Waals surface area contributed by atoms with E-state index in [1.165, 1.54) is 23.9 Å². The second-order valence-electron chi connectivity index (χ2n) is 7.15. The number of carbonyl (C=O) groups excluding carboxylic acids is 1. The third kappa shape index (κ3) is 5.78. The number of hydrogen-bond donors (Lipinski definition) is 1. The van der Waals surface area contributed by atoms with Crippen LogP contribution >= 0.6 is 11.8 Å². The Kier molecular flexibility index (Phi) is 7.36. The zero-order valence-corrected chi connectivity index (χ0v) is 18.9.